The van der Waals surface area contributed by atoms with Crippen molar-refractivity contribution in [2.45, 2.75) is 26.8 Å². The number of hydrogen-bond acceptors (Lipinski definition) is 4. The van der Waals surface area contributed by atoms with E-state index in [1.807, 2.05) is 37.3 Å². The molecular weight excluding hydrogens is 381 g/mol. The van der Waals surface area contributed by atoms with Crippen LogP contribution in [0.3, 0.4) is 0 Å². The lowest BCUT2D eigenvalue weighted by Crippen LogP contribution is -2.33. The highest BCUT2D eigenvalue weighted by atomic mass is 19.1. The molecule has 2 N–H and O–H groups in total. The number of aromatic nitrogens is 1. The second-order valence-electron chi connectivity index (χ2n) is 7.44. The normalized spacial score (nSPS) is 13.4. The van der Waals surface area contributed by atoms with Crippen LogP contribution < -0.4 is 10.5 Å². The number of fused-ring (bicyclic) bond motifs is 1. The fraction of sp³-hybridized carbons (Fsp3) is 0.250. The van der Waals surface area contributed by atoms with Crippen molar-refractivity contribution >= 4 is 11.7 Å². The maximum absolute atomic E-state index is 14.6. The molecule has 4 rings (SSSR count). The Bertz CT molecular complexity index is 1110. The van der Waals surface area contributed by atoms with Gasteiger partial charge in [0.15, 0.2) is 0 Å². The largest absolute Gasteiger partial charge is 0.491 e. The molecule has 1 aliphatic rings. The van der Waals surface area contributed by atoms with Crippen LogP contribution in [0.25, 0.3) is 11.1 Å². The molecule has 5 nitrogen and oxygen atoms in total. The lowest BCUT2D eigenvalue weighted by molar-refractivity contribution is 0.0731. The molecule has 2 aromatic carbocycles. The fourth-order valence-corrected chi connectivity index (χ4v) is 3.83. The number of nitrogens with two attached hydrogens (primary N) is 1. The number of pyridine rings is 1. The smallest absolute Gasteiger partial charge is 0.254 e. The van der Waals surface area contributed by atoms with E-state index in [1.54, 1.807) is 30.2 Å². The third kappa shape index (κ3) is 3.73. The van der Waals surface area contributed by atoms with Crippen molar-refractivity contribution in [2.75, 3.05) is 18.9 Å². The van der Waals surface area contributed by atoms with Crippen LogP contribution in [-0.4, -0.2) is 28.9 Å². The van der Waals surface area contributed by atoms with Crippen LogP contribution in [0.15, 0.2) is 48.7 Å². The highest BCUT2D eigenvalue weighted by Gasteiger charge is 2.24. The zero-order chi connectivity index (χ0) is 21.3. The fourth-order valence-electron chi connectivity index (χ4n) is 3.83. The minimum atomic E-state index is -0.299. The molecular formula is C24H24FN3O2. The minimum Gasteiger partial charge on any atom is -0.491 e. The third-order valence-electron chi connectivity index (χ3n) is 5.46. The number of aryl methyl sites for hydroxylation is 1. The number of halogens is 1. The Hall–Kier alpha value is -3.41. The van der Waals surface area contributed by atoms with Gasteiger partial charge in [0.25, 0.3) is 5.91 Å². The standard InChI is InChI=1S/C24H24FN3O2/c1-3-19-20(6-4-15(2)23(19)25)24(29)28-10-11-30-21-7-5-16(12-18(21)14-28)17-8-9-27-22(26)13-17/h4-9,12-13H,3,10-11,14H2,1-2H3,(H2,26,27). The summed E-state index contributed by atoms with van der Waals surface area (Å²) in [6.45, 7) is 4.79. The summed E-state index contributed by atoms with van der Waals surface area (Å²) in [6.07, 6.45) is 2.13. The Morgan fingerprint density at radius 1 is 1.20 bits per heavy atom. The first-order valence-electron chi connectivity index (χ1n) is 10.0. The summed E-state index contributed by atoms with van der Waals surface area (Å²) in [5.74, 6) is 0.721. The molecule has 1 amide bonds. The number of nitrogen functional groups attached to an aromatic ring is 1. The summed E-state index contributed by atoms with van der Waals surface area (Å²) < 4.78 is 20.4. The maximum atomic E-state index is 14.6. The van der Waals surface area contributed by atoms with Crippen molar-refractivity contribution < 1.29 is 13.9 Å². The lowest BCUT2D eigenvalue weighted by atomic mass is 9.99. The van der Waals surface area contributed by atoms with Crippen LogP contribution >= 0.6 is 0 Å². The second kappa shape index (κ2) is 8.14. The summed E-state index contributed by atoms with van der Waals surface area (Å²) in [6, 6.07) is 13.0. The van der Waals surface area contributed by atoms with Gasteiger partial charge in [-0.2, -0.15) is 0 Å². The van der Waals surface area contributed by atoms with E-state index < -0.39 is 0 Å². The molecule has 0 atom stereocenters. The molecule has 0 spiro atoms. The third-order valence-corrected chi connectivity index (χ3v) is 5.46. The van der Waals surface area contributed by atoms with Gasteiger partial charge in [0.05, 0.1) is 6.54 Å². The number of anilines is 1. The Kier molecular flexibility index (Phi) is 5.40. The van der Waals surface area contributed by atoms with E-state index >= 15 is 0 Å². The van der Waals surface area contributed by atoms with Crippen LogP contribution in [0.1, 0.15) is 34.0 Å². The summed E-state index contributed by atoms with van der Waals surface area (Å²) >= 11 is 0. The highest BCUT2D eigenvalue weighted by molar-refractivity contribution is 5.96. The molecule has 0 saturated carbocycles. The predicted molar refractivity (Wildman–Crippen MR) is 115 cm³/mol. The summed E-state index contributed by atoms with van der Waals surface area (Å²) in [7, 11) is 0. The molecule has 3 aromatic rings. The number of amides is 1. The Morgan fingerprint density at radius 3 is 2.77 bits per heavy atom. The van der Waals surface area contributed by atoms with E-state index in [0.717, 1.165) is 22.4 Å². The maximum Gasteiger partial charge on any atom is 0.254 e. The van der Waals surface area contributed by atoms with Crippen molar-refractivity contribution in [2.24, 2.45) is 0 Å². The van der Waals surface area contributed by atoms with Gasteiger partial charge in [-0.15, -0.1) is 0 Å². The molecule has 0 saturated heterocycles. The first kappa shape index (κ1) is 19.9. The lowest BCUT2D eigenvalue weighted by Gasteiger charge is -2.22. The Balaban J connectivity index is 1.67. The van der Waals surface area contributed by atoms with Gasteiger partial charge in [0.1, 0.15) is 24.0 Å². The van der Waals surface area contributed by atoms with E-state index in [2.05, 4.69) is 4.98 Å². The van der Waals surface area contributed by atoms with E-state index in [1.165, 1.54) is 0 Å². The molecule has 0 bridgehead atoms. The van der Waals surface area contributed by atoms with Gasteiger partial charge < -0.3 is 15.4 Å². The van der Waals surface area contributed by atoms with Gasteiger partial charge in [0, 0.05) is 29.4 Å². The van der Waals surface area contributed by atoms with Gasteiger partial charge in [-0.3, -0.25) is 4.79 Å². The minimum absolute atomic E-state index is 0.180. The van der Waals surface area contributed by atoms with Crippen molar-refractivity contribution in [3.05, 3.63) is 76.7 Å². The number of rotatable bonds is 3. The summed E-state index contributed by atoms with van der Waals surface area (Å²) in [5, 5.41) is 0. The quantitative estimate of drug-likeness (QED) is 0.702. The van der Waals surface area contributed by atoms with E-state index in [0.29, 0.717) is 48.6 Å². The van der Waals surface area contributed by atoms with Crippen LogP contribution in [0, 0.1) is 12.7 Å². The van der Waals surface area contributed by atoms with Crippen molar-refractivity contribution in [1.82, 2.24) is 9.88 Å². The zero-order valence-electron chi connectivity index (χ0n) is 17.1. The molecule has 30 heavy (non-hydrogen) atoms. The van der Waals surface area contributed by atoms with Crippen LogP contribution in [0.4, 0.5) is 10.2 Å². The van der Waals surface area contributed by atoms with Crippen LogP contribution in [0.2, 0.25) is 0 Å². The average molecular weight is 405 g/mol. The van der Waals surface area contributed by atoms with Gasteiger partial charge in [0.2, 0.25) is 0 Å². The van der Waals surface area contributed by atoms with Gasteiger partial charge in [-0.1, -0.05) is 19.1 Å². The number of hydrogen-bond donors (Lipinski definition) is 1. The Labute approximate surface area is 175 Å². The number of carbonyl (C=O) groups is 1. The molecule has 0 radical (unpaired) electrons. The van der Waals surface area contributed by atoms with Crippen LogP contribution in [0.5, 0.6) is 5.75 Å². The molecule has 0 fully saturated rings. The van der Waals surface area contributed by atoms with Gasteiger partial charge in [-0.05, 0) is 60.4 Å². The van der Waals surface area contributed by atoms with Gasteiger partial charge in [-0.25, -0.2) is 9.37 Å². The molecule has 0 unspecified atom stereocenters. The molecule has 1 aromatic heterocycles. The van der Waals surface area contributed by atoms with E-state index in [9.17, 15) is 9.18 Å². The summed E-state index contributed by atoms with van der Waals surface area (Å²) in [4.78, 5) is 19.0. The SMILES string of the molecule is CCc1c(C(=O)N2CCOc3ccc(-c4ccnc(N)c4)cc3C2)ccc(C)c1F. The number of ether oxygens (including phenoxy) is 1. The van der Waals surface area contributed by atoms with Crippen LogP contribution in [-0.2, 0) is 13.0 Å². The molecule has 154 valence electrons. The number of carbonyl (C=O) groups excluding carboxylic acids is 1. The Morgan fingerprint density at radius 2 is 2.00 bits per heavy atom. The van der Waals surface area contributed by atoms with E-state index in [4.69, 9.17) is 10.5 Å². The average Bonchev–Trinajstić information content (AvgIpc) is 2.97. The van der Waals surface area contributed by atoms with E-state index in [-0.39, 0.29) is 11.7 Å². The molecule has 2 heterocycles. The van der Waals surface area contributed by atoms with Crippen molar-refractivity contribution in [3.8, 4) is 16.9 Å². The molecule has 6 heteroatoms. The van der Waals surface area contributed by atoms with Crippen molar-refractivity contribution in [1.29, 1.82) is 0 Å². The molecule has 0 aliphatic carbocycles. The summed E-state index contributed by atoms with van der Waals surface area (Å²) in [5.41, 5.74) is 10.1. The van der Waals surface area contributed by atoms with Gasteiger partial charge >= 0.3 is 0 Å². The zero-order valence-corrected chi connectivity index (χ0v) is 17.1. The first-order chi connectivity index (χ1) is 14.5. The predicted octanol–water partition coefficient (Wildman–Crippen LogP) is 4.38. The van der Waals surface area contributed by atoms with Crippen molar-refractivity contribution in [3.63, 3.8) is 0 Å². The second-order valence-corrected chi connectivity index (χ2v) is 7.44. The first-order valence-corrected chi connectivity index (χ1v) is 10.0. The monoisotopic (exact) mass is 405 g/mol. The highest BCUT2D eigenvalue weighted by Crippen LogP contribution is 2.30. The molecule has 1 aliphatic heterocycles. The number of benzene rings is 2. The number of nitrogens with zero attached hydrogens (tertiary/aromatic N) is 2. The topological polar surface area (TPSA) is 68.5 Å².